The summed E-state index contributed by atoms with van der Waals surface area (Å²) in [5.41, 5.74) is -0.0323. The lowest BCUT2D eigenvalue weighted by atomic mass is 9.81. The number of anilines is 1. The molecule has 2 fully saturated rings. The van der Waals surface area contributed by atoms with Gasteiger partial charge in [-0.25, -0.2) is 4.98 Å². The first-order valence-corrected chi connectivity index (χ1v) is 10.3. The van der Waals surface area contributed by atoms with Gasteiger partial charge in [0.1, 0.15) is 0 Å². The third-order valence-corrected chi connectivity index (χ3v) is 5.97. The van der Waals surface area contributed by atoms with Crippen molar-refractivity contribution in [2.24, 2.45) is 23.9 Å². The van der Waals surface area contributed by atoms with Crippen molar-refractivity contribution in [3.05, 3.63) is 22.7 Å². The minimum atomic E-state index is -0.0323. The Hall–Kier alpha value is -2.05. The van der Waals surface area contributed by atoms with E-state index in [0.29, 0.717) is 5.82 Å². The summed E-state index contributed by atoms with van der Waals surface area (Å²) >= 11 is 0. The summed E-state index contributed by atoms with van der Waals surface area (Å²) in [6.07, 6.45) is 10.1. The SMILES string of the molecule is CN=C(NCCC1CCCC(C)C1)N1CCN(c2nccn(C)c2=O)CC1. The molecule has 1 aliphatic heterocycles. The van der Waals surface area contributed by atoms with Gasteiger partial charge < -0.3 is 19.7 Å². The van der Waals surface area contributed by atoms with Crippen molar-refractivity contribution >= 4 is 11.8 Å². The van der Waals surface area contributed by atoms with Gasteiger partial charge in [-0.15, -0.1) is 0 Å². The molecule has 0 bridgehead atoms. The van der Waals surface area contributed by atoms with Gasteiger partial charge in [-0.05, 0) is 24.7 Å². The molecule has 0 amide bonds. The minimum absolute atomic E-state index is 0.0323. The average Bonchev–Trinajstić information content (AvgIpc) is 2.68. The smallest absolute Gasteiger partial charge is 0.293 e. The van der Waals surface area contributed by atoms with E-state index in [0.717, 1.165) is 50.5 Å². The summed E-state index contributed by atoms with van der Waals surface area (Å²) in [7, 11) is 3.62. The number of nitrogens with zero attached hydrogens (tertiary/aromatic N) is 5. The van der Waals surface area contributed by atoms with Crippen molar-refractivity contribution in [3.8, 4) is 0 Å². The van der Waals surface area contributed by atoms with Crippen LogP contribution in [0.3, 0.4) is 0 Å². The van der Waals surface area contributed by atoms with E-state index in [1.807, 2.05) is 7.05 Å². The summed E-state index contributed by atoms with van der Waals surface area (Å²) in [4.78, 5) is 25.4. The van der Waals surface area contributed by atoms with Crippen molar-refractivity contribution < 1.29 is 0 Å². The number of aryl methyl sites for hydroxylation is 1. The fourth-order valence-corrected chi connectivity index (χ4v) is 4.37. The van der Waals surface area contributed by atoms with Crippen LogP contribution < -0.4 is 15.8 Å². The zero-order valence-electron chi connectivity index (χ0n) is 17.0. The Kier molecular flexibility index (Phi) is 6.74. The molecule has 7 nitrogen and oxygen atoms in total. The average molecular weight is 375 g/mol. The summed E-state index contributed by atoms with van der Waals surface area (Å²) < 4.78 is 1.58. The van der Waals surface area contributed by atoms with E-state index in [9.17, 15) is 4.79 Å². The topological polar surface area (TPSA) is 65.8 Å². The molecule has 0 radical (unpaired) electrons. The largest absolute Gasteiger partial charge is 0.356 e. The maximum atomic E-state index is 12.3. The molecule has 1 saturated carbocycles. The minimum Gasteiger partial charge on any atom is -0.356 e. The monoisotopic (exact) mass is 374 g/mol. The van der Waals surface area contributed by atoms with Gasteiger partial charge in [0.2, 0.25) is 0 Å². The Balaban J connectivity index is 1.47. The fourth-order valence-electron chi connectivity index (χ4n) is 4.37. The van der Waals surface area contributed by atoms with Crippen molar-refractivity contribution in [2.75, 3.05) is 44.7 Å². The molecule has 2 unspecified atom stereocenters. The first-order valence-electron chi connectivity index (χ1n) is 10.3. The molecule has 3 rings (SSSR count). The normalized spacial score (nSPS) is 24.2. The Labute approximate surface area is 162 Å². The van der Waals surface area contributed by atoms with Gasteiger partial charge in [-0.3, -0.25) is 9.79 Å². The molecule has 0 aromatic carbocycles. The highest BCUT2D eigenvalue weighted by molar-refractivity contribution is 5.80. The van der Waals surface area contributed by atoms with E-state index in [1.165, 1.54) is 32.1 Å². The van der Waals surface area contributed by atoms with Crippen molar-refractivity contribution in [3.63, 3.8) is 0 Å². The van der Waals surface area contributed by atoms with Gasteiger partial charge in [0.25, 0.3) is 5.56 Å². The molecule has 27 heavy (non-hydrogen) atoms. The number of aromatic nitrogens is 2. The zero-order valence-corrected chi connectivity index (χ0v) is 17.0. The first-order chi connectivity index (χ1) is 13.1. The molecule has 2 heterocycles. The summed E-state index contributed by atoms with van der Waals surface area (Å²) in [5.74, 6) is 3.27. The number of guanidine groups is 1. The first kappa shape index (κ1) is 19.7. The Morgan fingerprint density at radius 1 is 1.30 bits per heavy atom. The standard InChI is InChI=1S/C20H34N6O/c1-16-5-4-6-17(15-16)7-8-23-20(21-2)26-13-11-25(12-14-26)18-19(27)24(3)10-9-22-18/h9-10,16-17H,4-8,11-15H2,1-3H3,(H,21,23). The molecular formula is C20H34N6O. The zero-order chi connectivity index (χ0) is 19.2. The molecule has 1 aliphatic carbocycles. The predicted octanol–water partition coefficient (Wildman–Crippen LogP) is 1.69. The van der Waals surface area contributed by atoms with Crippen LogP contribution in [0.25, 0.3) is 0 Å². The van der Waals surface area contributed by atoms with Crippen LogP contribution in [-0.2, 0) is 7.05 Å². The van der Waals surface area contributed by atoms with Crippen LogP contribution in [0, 0.1) is 11.8 Å². The summed E-state index contributed by atoms with van der Waals surface area (Å²) in [6.45, 7) is 6.64. The molecule has 1 N–H and O–H groups in total. The Morgan fingerprint density at radius 2 is 2.07 bits per heavy atom. The van der Waals surface area contributed by atoms with Crippen LogP contribution in [0.2, 0.25) is 0 Å². The van der Waals surface area contributed by atoms with E-state index >= 15 is 0 Å². The molecule has 150 valence electrons. The number of piperazine rings is 1. The number of rotatable bonds is 4. The third-order valence-electron chi connectivity index (χ3n) is 5.97. The lowest BCUT2D eigenvalue weighted by molar-refractivity contribution is 0.269. The second-order valence-corrected chi connectivity index (χ2v) is 8.04. The van der Waals surface area contributed by atoms with Gasteiger partial charge in [-0.1, -0.05) is 26.2 Å². The summed E-state index contributed by atoms with van der Waals surface area (Å²) in [6, 6.07) is 0. The fraction of sp³-hybridized carbons (Fsp3) is 0.750. The number of hydrogen-bond donors (Lipinski definition) is 1. The molecule has 2 aliphatic rings. The van der Waals surface area contributed by atoms with Gasteiger partial charge in [0.05, 0.1) is 0 Å². The second-order valence-electron chi connectivity index (χ2n) is 8.04. The molecule has 1 aromatic rings. The lowest BCUT2D eigenvalue weighted by Crippen LogP contribution is -2.53. The molecule has 1 saturated heterocycles. The predicted molar refractivity (Wildman–Crippen MR) is 110 cm³/mol. The van der Waals surface area contributed by atoms with Gasteiger partial charge in [-0.2, -0.15) is 0 Å². The number of aliphatic imine (C=N–C) groups is 1. The molecule has 0 spiro atoms. The molecule has 1 aromatic heterocycles. The van der Waals surface area contributed by atoms with Gasteiger partial charge in [0, 0.05) is 59.2 Å². The Bertz CT molecular complexity index is 692. The second kappa shape index (κ2) is 9.24. The Morgan fingerprint density at radius 3 is 2.78 bits per heavy atom. The maximum Gasteiger partial charge on any atom is 0.293 e. The van der Waals surface area contributed by atoms with Crippen LogP contribution >= 0.6 is 0 Å². The van der Waals surface area contributed by atoms with Crippen LogP contribution in [-0.4, -0.2) is 60.2 Å². The van der Waals surface area contributed by atoms with Gasteiger partial charge in [0.15, 0.2) is 11.8 Å². The molecular weight excluding hydrogens is 340 g/mol. The molecule has 2 atom stereocenters. The highest BCUT2D eigenvalue weighted by Gasteiger charge is 2.23. The lowest BCUT2D eigenvalue weighted by Gasteiger charge is -2.37. The summed E-state index contributed by atoms with van der Waals surface area (Å²) in [5, 5.41) is 3.55. The molecule has 7 heteroatoms. The van der Waals surface area contributed by atoms with Crippen LogP contribution in [0.1, 0.15) is 39.0 Å². The number of nitrogens with one attached hydrogen (secondary N) is 1. The van der Waals surface area contributed by atoms with E-state index in [-0.39, 0.29) is 5.56 Å². The van der Waals surface area contributed by atoms with Crippen LogP contribution in [0.5, 0.6) is 0 Å². The quantitative estimate of drug-likeness (QED) is 0.642. The van der Waals surface area contributed by atoms with Crippen LogP contribution in [0.4, 0.5) is 5.82 Å². The van der Waals surface area contributed by atoms with Gasteiger partial charge >= 0.3 is 0 Å². The van der Waals surface area contributed by atoms with Crippen LogP contribution in [0.15, 0.2) is 22.2 Å². The van der Waals surface area contributed by atoms with Crippen molar-refractivity contribution in [2.45, 2.75) is 39.0 Å². The highest BCUT2D eigenvalue weighted by Crippen LogP contribution is 2.30. The number of hydrogen-bond acceptors (Lipinski definition) is 4. The van der Waals surface area contributed by atoms with Crippen molar-refractivity contribution in [1.29, 1.82) is 0 Å². The van der Waals surface area contributed by atoms with E-state index in [1.54, 1.807) is 24.0 Å². The third kappa shape index (κ3) is 5.02. The van der Waals surface area contributed by atoms with E-state index in [2.05, 4.69) is 32.0 Å². The van der Waals surface area contributed by atoms with Crippen molar-refractivity contribution in [1.82, 2.24) is 19.8 Å². The maximum absolute atomic E-state index is 12.3. The highest BCUT2D eigenvalue weighted by atomic mass is 16.1. The van der Waals surface area contributed by atoms with E-state index in [4.69, 9.17) is 0 Å². The van der Waals surface area contributed by atoms with E-state index < -0.39 is 0 Å².